The molecule has 1 heterocycles. The summed E-state index contributed by atoms with van der Waals surface area (Å²) in [5.74, 6) is -0.0496. The van der Waals surface area contributed by atoms with Crippen LogP contribution in [0.25, 0.3) is 0 Å². The summed E-state index contributed by atoms with van der Waals surface area (Å²) in [4.78, 5) is 13.8. The van der Waals surface area contributed by atoms with Crippen molar-refractivity contribution in [1.29, 1.82) is 0 Å². The van der Waals surface area contributed by atoms with E-state index < -0.39 is 4.92 Å². The summed E-state index contributed by atoms with van der Waals surface area (Å²) in [6, 6.07) is 2.98. The largest absolute Gasteiger partial charge is 0.394 e. The van der Waals surface area contributed by atoms with Crippen molar-refractivity contribution in [2.75, 3.05) is 11.9 Å². The van der Waals surface area contributed by atoms with Crippen molar-refractivity contribution in [2.24, 2.45) is 5.92 Å². The third kappa shape index (κ3) is 2.90. The molecule has 6 nitrogen and oxygen atoms in total. The van der Waals surface area contributed by atoms with Crippen molar-refractivity contribution in [2.45, 2.75) is 19.9 Å². The lowest BCUT2D eigenvalue weighted by Crippen LogP contribution is -2.29. The molecule has 0 aliphatic carbocycles. The van der Waals surface area contributed by atoms with Crippen LogP contribution in [0.1, 0.15) is 13.8 Å². The average molecular weight is 225 g/mol. The second-order valence-electron chi connectivity index (χ2n) is 3.81. The molecule has 0 aliphatic heterocycles. The normalized spacial score (nSPS) is 12.5. The third-order valence-electron chi connectivity index (χ3n) is 2.30. The lowest BCUT2D eigenvalue weighted by atomic mass is 10.1. The van der Waals surface area contributed by atoms with Gasteiger partial charge in [-0.1, -0.05) is 13.8 Å². The van der Waals surface area contributed by atoms with Crippen LogP contribution in [-0.2, 0) is 0 Å². The number of aliphatic hydroxyl groups is 1. The van der Waals surface area contributed by atoms with E-state index in [-0.39, 0.29) is 24.4 Å². The molecular weight excluding hydrogens is 210 g/mol. The predicted octanol–water partition coefficient (Wildman–Crippen LogP) is 1.42. The van der Waals surface area contributed by atoms with Gasteiger partial charge in [0.05, 0.1) is 12.6 Å². The van der Waals surface area contributed by atoms with Crippen LogP contribution in [0, 0.1) is 16.0 Å². The fourth-order valence-corrected chi connectivity index (χ4v) is 1.28. The monoisotopic (exact) mass is 225 g/mol. The Morgan fingerprint density at radius 3 is 2.81 bits per heavy atom. The van der Waals surface area contributed by atoms with Gasteiger partial charge in [0, 0.05) is 0 Å². The summed E-state index contributed by atoms with van der Waals surface area (Å²) in [5, 5.41) is 22.8. The lowest BCUT2D eigenvalue weighted by molar-refractivity contribution is -0.388. The van der Waals surface area contributed by atoms with Gasteiger partial charge in [0.25, 0.3) is 0 Å². The zero-order valence-electron chi connectivity index (χ0n) is 9.25. The molecule has 0 fully saturated rings. The van der Waals surface area contributed by atoms with Gasteiger partial charge < -0.3 is 20.5 Å². The van der Waals surface area contributed by atoms with Crippen LogP contribution >= 0.6 is 0 Å². The number of nitrogens with zero attached hydrogens (tertiary/aromatic N) is 2. The molecular formula is C10H15N3O3. The van der Waals surface area contributed by atoms with Crippen molar-refractivity contribution < 1.29 is 10.0 Å². The summed E-state index contributed by atoms with van der Waals surface area (Å²) in [6.45, 7) is 3.77. The van der Waals surface area contributed by atoms with E-state index in [1.54, 1.807) is 12.1 Å². The Morgan fingerprint density at radius 2 is 2.31 bits per heavy atom. The Morgan fingerprint density at radius 1 is 1.62 bits per heavy atom. The van der Waals surface area contributed by atoms with Gasteiger partial charge in [-0.2, -0.15) is 0 Å². The van der Waals surface area contributed by atoms with E-state index in [0.717, 1.165) is 0 Å². The first-order valence-electron chi connectivity index (χ1n) is 5.03. The van der Waals surface area contributed by atoms with Crippen LogP contribution in [0.3, 0.4) is 0 Å². The number of pyridine rings is 1. The summed E-state index contributed by atoms with van der Waals surface area (Å²) in [7, 11) is 0. The van der Waals surface area contributed by atoms with E-state index in [0.29, 0.717) is 5.69 Å². The minimum atomic E-state index is -0.545. The van der Waals surface area contributed by atoms with Gasteiger partial charge in [0.1, 0.15) is 11.9 Å². The Balaban J connectivity index is 2.91. The van der Waals surface area contributed by atoms with Gasteiger partial charge in [-0.05, 0) is 28.0 Å². The zero-order valence-corrected chi connectivity index (χ0v) is 9.25. The number of hydrogen-bond donors (Lipinski definition) is 2. The Labute approximate surface area is 93.5 Å². The van der Waals surface area contributed by atoms with Gasteiger partial charge >= 0.3 is 5.82 Å². The van der Waals surface area contributed by atoms with E-state index in [4.69, 9.17) is 5.11 Å². The number of anilines is 1. The summed E-state index contributed by atoms with van der Waals surface area (Å²) in [6.07, 6.45) is 1.37. The quantitative estimate of drug-likeness (QED) is 0.584. The molecule has 0 radical (unpaired) electrons. The number of aliphatic hydroxyl groups excluding tert-OH is 1. The molecule has 0 bridgehead atoms. The first kappa shape index (κ1) is 12.4. The molecule has 1 aromatic rings. The Kier molecular flexibility index (Phi) is 4.19. The van der Waals surface area contributed by atoms with Crippen molar-refractivity contribution in [3.8, 4) is 0 Å². The van der Waals surface area contributed by atoms with E-state index >= 15 is 0 Å². The van der Waals surface area contributed by atoms with Crippen molar-refractivity contribution in [3.05, 3.63) is 28.4 Å². The third-order valence-corrected chi connectivity index (χ3v) is 2.30. The fourth-order valence-electron chi connectivity index (χ4n) is 1.28. The molecule has 1 unspecified atom stereocenters. The summed E-state index contributed by atoms with van der Waals surface area (Å²) >= 11 is 0. The predicted molar refractivity (Wildman–Crippen MR) is 60.2 cm³/mol. The molecule has 0 aromatic carbocycles. The highest BCUT2D eigenvalue weighted by atomic mass is 16.6. The van der Waals surface area contributed by atoms with Crippen LogP contribution in [0.15, 0.2) is 18.3 Å². The molecule has 16 heavy (non-hydrogen) atoms. The minimum absolute atomic E-state index is 0.0796. The minimum Gasteiger partial charge on any atom is -0.394 e. The maximum absolute atomic E-state index is 10.7. The van der Waals surface area contributed by atoms with Crippen LogP contribution in [0.2, 0.25) is 0 Å². The van der Waals surface area contributed by atoms with Crippen molar-refractivity contribution >= 4 is 11.5 Å². The number of aromatic nitrogens is 1. The van der Waals surface area contributed by atoms with E-state index in [9.17, 15) is 10.1 Å². The van der Waals surface area contributed by atoms with E-state index in [2.05, 4.69) is 10.3 Å². The molecule has 0 amide bonds. The summed E-state index contributed by atoms with van der Waals surface area (Å²) < 4.78 is 0. The van der Waals surface area contributed by atoms with Gasteiger partial charge in [-0.3, -0.25) is 0 Å². The molecule has 0 saturated heterocycles. The number of rotatable bonds is 5. The van der Waals surface area contributed by atoms with E-state index in [1.165, 1.54) is 6.20 Å². The second kappa shape index (κ2) is 5.41. The van der Waals surface area contributed by atoms with Crippen molar-refractivity contribution in [3.63, 3.8) is 0 Å². The average Bonchev–Trinajstić information content (AvgIpc) is 2.25. The first-order valence-corrected chi connectivity index (χ1v) is 5.03. The lowest BCUT2D eigenvalue weighted by Gasteiger charge is -2.20. The summed E-state index contributed by atoms with van der Waals surface area (Å²) in [5.41, 5.74) is 0.334. The molecule has 1 aromatic heterocycles. The van der Waals surface area contributed by atoms with Crippen LogP contribution in [0.5, 0.6) is 0 Å². The molecule has 1 rings (SSSR count). The van der Waals surface area contributed by atoms with Crippen molar-refractivity contribution in [1.82, 2.24) is 4.98 Å². The number of hydrogen-bond acceptors (Lipinski definition) is 5. The Hall–Kier alpha value is -1.69. The van der Waals surface area contributed by atoms with Gasteiger partial charge in [-0.25, -0.2) is 0 Å². The highest BCUT2D eigenvalue weighted by molar-refractivity contribution is 5.57. The van der Waals surface area contributed by atoms with Crippen LogP contribution in [0.4, 0.5) is 11.5 Å². The van der Waals surface area contributed by atoms with Crippen LogP contribution in [-0.4, -0.2) is 27.7 Å². The second-order valence-corrected chi connectivity index (χ2v) is 3.81. The molecule has 88 valence electrons. The zero-order chi connectivity index (χ0) is 12.1. The first-order chi connectivity index (χ1) is 7.56. The van der Waals surface area contributed by atoms with Gasteiger partial charge in [-0.15, -0.1) is 0 Å². The molecule has 0 spiro atoms. The SMILES string of the molecule is CC(C)C(CO)Nc1cccnc1[N+](=O)[O-]. The molecule has 0 saturated carbocycles. The van der Waals surface area contributed by atoms with E-state index in [1.807, 2.05) is 13.8 Å². The smallest absolute Gasteiger partial charge is 0.386 e. The van der Waals surface area contributed by atoms with Gasteiger partial charge in [0.15, 0.2) is 0 Å². The molecule has 0 aliphatic rings. The van der Waals surface area contributed by atoms with Crippen LogP contribution < -0.4 is 5.32 Å². The standard InChI is InChI=1S/C10H15N3O3/c1-7(2)9(6-14)12-8-4-3-5-11-10(8)13(15)16/h3-5,7,9,12,14H,6H2,1-2H3. The topological polar surface area (TPSA) is 88.3 Å². The molecule has 1 atom stereocenters. The molecule has 6 heteroatoms. The number of nitrogens with one attached hydrogen (secondary N) is 1. The molecule has 2 N–H and O–H groups in total. The highest BCUT2D eigenvalue weighted by Gasteiger charge is 2.19. The number of nitro groups is 1. The van der Waals surface area contributed by atoms with Gasteiger partial charge in [0.2, 0.25) is 0 Å². The maximum atomic E-state index is 10.7. The highest BCUT2D eigenvalue weighted by Crippen LogP contribution is 2.22. The fraction of sp³-hybridized carbons (Fsp3) is 0.500. The Bertz CT molecular complexity index is 368. The maximum Gasteiger partial charge on any atom is 0.386 e.